The molecule has 0 spiro atoms. The molecule has 29 heavy (non-hydrogen) atoms. The molecule has 144 valence electrons. The number of carbonyl (C=O) groups excluding carboxylic acids is 1. The zero-order valence-electron chi connectivity index (χ0n) is 15.9. The minimum atomic E-state index is -0.292. The van der Waals surface area contributed by atoms with Gasteiger partial charge in [-0.25, -0.2) is 10.4 Å². The summed E-state index contributed by atoms with van der Waals surface area (Å²) in [5.74, 6) is 0.428. The maximum absolute atomic E-state index is 12.6. The summed E-state index contributed by atoms with van der Waals surface area (Å²) >= 11 is 1.31. The monoisotopic (exact) mass is 402 g/mol. The summed E-state index contributed by atoms with van der Waals surface area (Å²) in [6.07, 6.45) is 3.37. The van der Waals surface area contributed by atoms with Crippen molar-refractivity contribution in [3.05, 3.63) is 76.9 Å². The second-order valence-corrected chi connectivity index (χ2v) is 7.29. The van der Waals surface area contributed by atoms with Gasteiger partial charge in [0.05, 0.1) is 30.1 Å². The number of aromatic nitrogens is 2. The quantitative estimate of drug-likeness (QED) is 0.395. The molecule has 2 aromatic heterocycles. The number of para-hydroxylation sites is 1. The normalized spacial score (nSPS) is 11.1. The van der Waals surface area contributed by atoms with Crippen molar-refractivity contribution in [2.75, 3.05) is 7.11 Å². The Hall–Kier alpha value is -3.58. The van der Waals surface area contributed by atoms with Gasteiger partial charge in [-0.3, -0.25) is 9.78 Å². The number of rotatable bonds is 5. The third-order valence-corrected chi connectivity index (χ3v) is 5.54. The van der Waals surface area contributed by atoms with Gasteiger partial charge in [-0.05, 0) is 42.8 Å². The minimum absolute atomic E-state index is 0.292. The van der Waals surface area contributed by atoms with Crippen LogP contribution in [0.5, 0.6) is 5.75 Å². The van der Waals surface area contributed by atoms with E-state index in [1.165, 1.54) is 11.3 Å². The van der Waals surface area contributed by atoms with Gasteiger partial charge in [-0.2, -0.15) is 5.10 Å². The molecule has 0 aliphatic heterocycles. The van der Waals surface area contributed by atoms with Gasteiger partial charge in [-0.1, -0.05) is 24.3 Å². The van der Waals surface area contributed by atoms with Crippen LogP contribution in [-0.2, 0) is 0 Å². The zero-order valence-corrected chi connectivity index (χ0v) is 16.7. The largest absolute Gasteiger partial charge is 0.496 e. The van der Waals surface area contributed by atoms with E-state index in [-0.39, 0.29) is 5.91 Å². The molecule has 2 heterocycles. The maximum atomic E-state index is 12.6. The number of amides is 1. The smallest absolute Gasteiger partial charge is 0.283 e. The zero-order chi connectivity index (χ0) is 20.2. The standard InChI is InChI=1S/C22H18N4O2S/c1-14-20(29-22(25-14)17-7-3-4-8-19(17)28-2)21(27)26-24-13-15-9-10-18-16(12-15)6-5-11-23-18/h3-13H,1-2H3,(H,26,27)/b24-13+. The van der Waals surface area contributed by atoms with E-state index in [4.69, 9.17) is 4.74 Å². The third kappa shape index (κ3) is 4.00. The van der Waals surface area contributed by atoms with Crippen LogP contribution < -0.4 is 10.2 Å². The number of pyridine rings is 1. The SMILES string of the molecule is COc1ccccc1-c1nc(C)c(C(=O)N/N=C/c2ccc3ncccc3c2)s1. The molecular formula is C22H18N4O2S. The van der Waals surface area contributed by atoms with Crippen LogP contribution in [0.25, 0.3) is 21.5 Å². The molecule has 0 radical (unpaired) electrons. The van der Waals surface area contributed by atoms with Gasteiger partial charge < -0.3 is 4.74 Å². The summed E-state index contributed by atoms with van der Waals surface area (Å²) in [4.78, 5) is 21.9. The Morgan fingerprint density at radius 2 is 2.03 bits per heavy atom. The van der Waals surface area contributed by atoms with Gasteiger partial charge in [-0.15, -0.1) is 11.3 Å². The number of aryl methyl sites for hydroxylation is 1. The van der Waals surface area contributed by atoms with E-state index in [0.29, 0.717) is 10.6 Å². The van der Waals surface area contributed by atoms with Crippen LogP contribution >= 0.6 is 11.3 Å². The van der Waals surface area contributed by atoms with Crippen molar-refractivity contribution >= 4 is 34.4 Å². The Labute approximate surface area is 171 Å². The van der Waals surface area contributed by atoms with Crippen LogP contribution in [0.3, 0.4) is 0 Å². The van der Waals surface area contributed by atoms with E-state index in [1.54, 1.807) is 19.5 Å². The van der Waals surface area contributed by atoms with Gasteiger partial charge in [0.1, 0.15) is 15.6 Å². The van der Waals surface area contributed by atoms with Crippen LogP contribution in [0, 0.1) is 6.92 Å². The van der Waals surface area contributed by atoms with Crippen molar-refractivity contribution in [1.29, 1.82) is 0 Å². The molecule has 0 saturated carbocycles. The lowest BCUT2D eigenvalue weighted by Gasteiger charge is -2.04. The fourth-order valence-corrected chi connectivity index (χ4v) is 3.92. The first-order valence-corrected chi connectivity index (χ1v) is 9.76. The van der Waals surface area contributed by atoms with Gasteiger partial charge in [0.25, 0.3) is 5.91 Å². The van der Waals surface area contributed by atoms with Gasteiger partial charge in [0.15, 0.2) is 0 Å². The number of nitrogens with zero attached hydrogens (tertiary/aromatic N) is 3. The van der Waals surface area contributed by atoms with Crippen molar-refractivity contribution in [3.63, 3.8) is 0 Å². The molecule has 0 saturated heterocycles. The number of ether oxygens (including phenoxy) is 1. The molecule has 1 N–H and O–H groups in total. The predicted molar refractivity (Wildman–Crippen MR) is 116 cm³/mol. The molecule has 0 aliphatic rings. The van der Waals surface area contributed by atoms with E-state index in [1.807, 2.05) is 61.5 Å². The molecule has 6 nitrogen and oxygen atoms in total. The molecule has 4 aromatic rings. The molecule has 0 atom stereocenters. The predicted octanol–water partition coefficient (Wildman–Crippen LogP) is 4.44. The van der Waals surface area contributed by atoms with Crippen LogP contribution in [0.1, 0.15) is 20.9 Å². The molecule has 4 rings (SSSR count). The topological polar surface area (TPSA) is 76.5 Å². The second-order valence-electron chi connectivity index (χ2n) is 6.29. The summed E-state index contributed by atoms with van der Waals surface area (Å²) < 4.78 is 5.39. The fourth-order valence-electron chi connectivity index (χ4n) is 2.93. The number of methoxy groups -OCH3 is 1. The van der Waals surface area contributed by atoms with Crippen molar-refractivity contribution in [2.45, 2.75) is 6.92 Å². The van der Waals surface area contributed by atoms with Crippen LogP contribution in [0.2, 0.25) is 0 Å². The lowest BCUT2D eigenvalue weighted by atomic mass is 10.1. The average Bonchev–Trinajstić information content (AvgIpc) is 3.15. The molecule has 7 heteroatoms. The summed E-state index contributed by atoms with van der Waals surface area (Å²) in [6.45, 7) is 1.81. The molecular weight excluding hydrogens is 384 g/mol. The molecule has 0 unspecified atom stereocenters. The van der Waals surface area contributed by atoms with Crippen molar-refractivity contribution in [3.8, 4) is 16.3 Å². The fraction of sp³-hybridized carbons (Fsp3) is 0.0909. The Morgan fingerprint density at radius 1 is 1.17 bits per heavy atom. The molecule has 2 aromatic carbocycles. The summed E-state index contributed by atoms with van der Waals surface area (Å²) in [7, 11) is 1.62. The van der Waals surface area contributed by atoms with Gasteiger partial charge in [0, 0.05) is 11.6 Å². The van der Waals surface area contributed by atoms with Crippen LogP contribution in [-0.4, -0.2) is 29.2 Å². The lowest BCUT2D eigenvalue weighted by Crippen LogP contribution is -2.17. The third-order valence-electron chi connectivity index (χ3n) is 4.35. The van der Waals surface area contributed by atoms with Gasteiger partial charge in [0.2, 0.25) is 0 Å². The highest BCUT2D eigenvalue weighted by molar-refractivity contribution is 7.17. The molecule has 0 bridgehead atoms. The first-order chi connectivity index (χ1) is 14.2. The number of fused-ring (bicyclic) bond motifs is 1. The van der Waals surface area contributed by atoms with Crippen LogP contribution in [0.15, 0.2) is 65.9 Å². The number of nitrogens with one attached hydrogen (secondary N) is 1. The van der Waals surface area contributed by atoms with E-state index in [2.05, 4.69) is 20.5 Å². The Balaban J connectivity index is 1.51. The van der Waals surface area contributed by atoms with Crippen LogP contribution in [0.4, 0.5) is 0 Å². The average molecular weight is 402 g/mol. The second kappa shape index (κ2) is 8.20. The molecule has 1 amide bonds. The van der Waals surface area contributed by atoms with E-state index in [9.17, 15) is 4.79 Å². The Kier molecular flexibility index (Phi) is 5.31. The Bertz CT molecular complexity index is 1220. The highest BCUT2D eigenvalue weighted by Gasteiger charge is 2.17. The van der Waals surface area contributed by atoms with Crippen molar-refractivity contribution in [1.82, 2.24) is 15.4 Å². The highest BCUT2D eigenvalue weighted by Crippen LogP contribution is 2.34. The number of hydrazone groups is 1. The van der Waals surface area contributed by atoms with E-state index >= 15 is 0 Å². The minimum Gasteiger partial charge on any atom is -0.496 e. The number of carbonyl (C=O) groups is 1. The summed E-state index contributed by atoms with van der Waals surface area (Å²) in [5, 5.41) is 5.84. The number of thiazole rings is 1. The highest BCUT2D eigenvalue weighted by atomic mass is 32.1. The van der Waals surface area contributed by atoms with E-state index in [0.717, 1.165) is 32.8 Å². The summed E-state index contributed by atoms with van der Waals surface area (Å²) in [5.41, 5.74) is 5.88. The van der Waals surface area contributed by atoms with Crippen molar-refractivity contribution < 1.29 is 9.53 Å². The lowest BCUT2D eigenvalue weighted by molar-refractivity contribution is 0.0958. The maximum Gasteiger partial charge on any atom is 0.283 e. The van der Waals surface area contributed by atoms with Crippen molar-refractivity contribution in [2.24, 2.45) is 5.10 Å². The molecule has 0 fully saturated rings. The molecule has 0 aliphatic carbocycles. The van der Waals surface area contributed by atoms with Gasteiger partial charge >= 0.3 is 0 Å². The summed E-state index contributed by atoms with van der Waals surface area (Å²) in [6, 6.07) is 17.3. The number of hydrogen-bond donors (Lipinski definition) is 1. The van der Waals surface area contributed by atoms with E-state index < -0.39 is 0 Å². The first kappa shape index (κ1) is 18.8. The number of hydrogen-bond acceptors (Lipinski definition) is 6. The number of benzene rings is 2. The first-order valence-electron chi connectivity index (χ1n) is 8.94. The Morgan fingerprint density at radius 3 is 2.90 bits per heavy atom.